The highest BCUT2D eigenvalue weighted by molar-refractivity contribution is 5.81. The largest absolute Gasteiger partial charge is 0.347 e. The number of amides is 1. The van der Waals surface area contributed by atoms with E-state index in [0.717, 1.165) is 19.4 Å². The first-order valence-electron chi connectivity index (χ1n) is 6.59. The van der Waals surface area contributed by atoms with Crippen LogP contribution in [0.4, 0.5) is 0 Å². The van der Waals surface area contributed by atoms with Crippen LogP contribution in [-0.4, -0.2) is 37.5 Å². The molecule has 1 aromatic rings. The predicted octanol–water partition coefficient (Wildman–Crippen LogP) is 1.92. The molecule has 1 heterocycles. The number of likely N-dealkylation sites (N-methyl/N-ethyl adjacent to an activating group) is 1. The van der Waals surface area contributed by atoms with E-state index in [1.54, 1.807) is 4.90 Å². The topological polar surface area (TPSA) is 32.3 Å². The van der Waals surface area contributed by atoms with Crippen molar-refractivity contribution in [2.45, 2.75) is 31.7 Å². The zero-order valence-corrected chi connectivity index (χ0v) is 11.4. The number of aryl methyl sites for hydroxylation is 1. The predicted molar refractivity (Wildman–Crippen MR) is 73.6 cm³/mol. The molecule has 0 spiro atoms. The number of nitrogens with zero attached hydrogens (tertiary/aromatic N) is 1. The molecule has 0 saturated carbocycles. The molecule has 0 bridgehead atoms. The second-order valence-electron chi connectivity index (χ2n) is 5.37. The number of hydrogen-bond acceptors (Lipinski definition) is 2. The second kappa shape index (κ2) is 5.53. The molecule has 98 valence electrons. The van der Waals surface area contributed by atoms with E-state index >= 15 is 0 Å². The lowest BCUT2D eigenvalue weighted by Crippen LogP contribution is -2.47. The van der Waals surface area contributed by atoms with Gasteiger partial charge in [-0.2, -0.15) is 0 Å². The van der Waals surface area contributed by atoms with Gasteiger partial charge in [-0.25, -0.2) is 0 Å². The molecule has 1 aliphatic heterocycles. The van der Waals surface area contributed by atoms with Crippen molar-refractivity contribution in [3.05, 3.63) is 35.4 Å². The Balaban J connectivity index is 2.07. The lowest BCUT2D eigenvalue weighted by atomic mass is 9.86. The van der Waals surface area contributed by atoms with Crippen molar-refractivity contribution in [3.63, 3.8) is 0 Å². The number of benzene rings is 1. The Morgan fingerprint density at radius 1 is 1.28 bits per heavy atom. The third-order valence-corrected chi connectivity index (χ3v) is 3.69. The van der Waals surface area contributed by atoms with Crippen molar-refractivity contribution >= 4 is 5.91 Å². The van der Waals surface area contributed by atoms with E-state index in [2.05, 4.69) is 36.5 Å². The highest BCUT2D eigenvalue weighted by Gasteiger charge is 2.28. The van der Waals surface area contributed by atoms with Crippen molar-refractivity contribution in [2.75, 3.05) is 20.6 Å². The van der Waals surface area contributed by atoms with E-state index in [0.29, 0.717) is 5.92 Å². The van der Waals surface area contributed by atoms with Crippen molar-refractivity contribution in [3.8, 4) is 0 Å². The summed E-state index contributed by atoms with van der Waals surface area (Å²) < 4.78 is 0. The van der Waals surface area contributed by atoms with Crippen LogP contribution in [0.2, 0.25) is 0 Å². The molecule has 1 fully saturated rings. The maximum absolute atomic E-state index is 12.0. The van der Waals surface area contributed by atoms with Crippen molar-refractivity contribution in [2.24, 2.45) is 0 Å². The quantitative estimate of drug-likeness (QED) is 0.864. The Morgan fingerprint density at radius 3 is 2.56 bits per heavy atom. The Bertz CT molecular complexity index is 411. The number of carbonyl (C=O) groups excluding carboxylic acids is 1. The summed E-state index contributed by atoms with van der Waals surface area (Å²) in [5, 5.41) is 3.32. The van der Waals surface area contributed by atoms with Crippen molar-refractivity contribution < 1.29 is 4.79 Å². The van der Waals surface area contributed by atoms with Crippen molar-refractivity contribution in [1.82, 2.24) is 10.2 Å². The summed E-state index contributed by atoms with van der Waals surface area (Å²) in [6.45, 7) is 3.02. The number of carbonyl (C=O) groups is 1. The van der Waals surface area contributed by atoms with Gasteiger partial charge in [-0.1, -0.05) is 29.8 Å². The first kappa shape index (κ1) is 13.1. The van der Waals surface area contributed by atoms with Gasteiger partial charge >= 0.3 is 0 Å². The molecule has 3 nitrogen and oxygen atoms in total. The van der Waals surface area contributed by atoms with E-state index in [4.69, 9.17) is 0 Å². The number of rotatable bonds is 2. The highest BCUT2D eigenvalue weighted by atomic mass is 16.2. The summed E-state index contributed by atoms with van der Waals surface area (Å²) in [5.74, 6) is 0.688. The molecule has 0 aliphatic carbocycles. The van der Waals surface area contributed by atoms with Crippen LogP contribution in [-0.2, 0) is 4.79 Å². The molecule has 2 unspecified atom stereocenters. The molecule has 3 heteroatoms. The number of nitrogens with one attached hydrogen (secondary N) is 1. The Hall–Kier alpha value is -1.35. The molecule has 1 N–H and O–H groups in total. The van der Waals surface area contributed by atoms with Gasteiger partial charge in [-0.3, -0.25) is 4.79 Å². The van der Waals surface area contributed by atoms with Gasteiger partial charge < -0.3 is 10.2 Å². The van der Waals surface area contributed by atoms with Crippen LogP contribution in [0.5, 0.6) is 0 Å². The van der Waals surface area contributed by atoms with Crippen LogP contribution in [0.15, 0.2) is 24.3 Å². The molecule has 1 aromatic carbocycles. The van der Waals surface area contributed by atoms with Crippen LogP contribution >= 0.6 is 0 Å². The average Bonchev–Trinajstić information content (AvgIpc) is 2.38. The first-order valence-corrected chi connectivity index (χ1v) is 6.59. The van der Waals surface area contributed by atoms with Gasteiger partial charge in [-0.05, 0) is 37.8 Å². The summed E-state index contributed by atoms with van der Waals surface area (Å²) in [5.41, 5.74) is 2.65. The SMILES string of the molecule is Cc1ccc(C2CCNC(C(=O)N(C)C)C2)cc1. The summed E-state index contributed by atoms with van der Waals surface area (Å²) in [6, 6.07) is 8.67. The van der Waals surface area contributed by atoms with Crippen LogP contribution in [0, 0.1) is 6.92 Å². The number of hydrogen-bond donors (Lipinski definition) is 1. The summed E-state index contributed by atoms with van der Waals surface area (Å²) in [6.07, 6.45) is 2.01. The number of piperidine rings is 1. The van der Waals surface area contributed by atoms with Gasteiger partial charge in [-0.15, -0.1) is 0 Å². The third-order valence-electron chi connectivity index (χ3n) is 3.69. The molecule has 2 rings (SSSR count). The molecular formula is C15H22N2O. The van der Waals surface area contributed by atoms with Crippen molar-refractivity contribution in [1.29, 1.82) is 0 Å². The molecular weight excluding hydrogens is 224 g/mol. The maximum Gasteiger partial charge on any atom is 0.239 e. The fourth-order valence-corrected chi connectivity index (χ4v) is 2.56. The fourth-order valence-electron chi connectivity index (χ4n) is 2.56. The average molecular weight is 246 g/mol. The van der Waals surface area contributed by atoms with E-state index in [1.807, 2.05) is 14.1 Å². The summed E-state index contributed by atoms with van der Waals surface area (Å²) in [4.78, 5) is 13.7. The molecule has 1 aliphatic rings. The van der Waals surface area contributed by atoms with E-state index in [-0.39, 0.29) is 11.9 Å². The lowest BCUT2D eigenvalue weighted by molar-refractivity contribution is -0.131. The van der Waals surface area contributed by atoms with Crippen LogP contribution in [0.3, 0.4) is 0 Å². The fraction of sp³-hybridized carbons (Fsp3) is 0.533. The van der Waals surface area contributed by atoms with Gasteiger partial charge in [0.1, 0.15) is 0 Å². The van der Waals surface area contributed by atoms with Gasteiger partial charge in [0.2, 0.25) is 5.91 Å². The van der Waals surface area contributed by atoms with E-state index in [9.17, 15) is 4.79 Å². The molecule has 1 amide bonds. The Labute approximate surface area is 109 Å². The lowest BCUT2D eigenvalue weighted by Gasteiger charge is -2.31. The zero-order valence-electron chi connectivity index (χ0n) is 11.4. The first-order chi connectivity index (χ1) is 8.58. The van der Waals surface area contributed by atoms with E-state index in [1.165, 1.54) is 11.1 Å². The molecule has 0 radical (unpaired) electrons. The van der Waals surface area contributed by atoms with Gasteiger partial charge in [0.05, 0.1) is 6.04 Å². The molecule has 0 aromatic heterocycles. The minimum atomic E-state index is -0.0277. The van der Waals surface area contributed by atoms with Gasteiger partial charge in [0.25, 0.3) is 0 Å². The summed E-state index contributed by atoms with van der Waals surface area (Å²) >= 11 is 0. The highest BCUT2D eigenvalue weighted by Crippen LogP contribution is 2.28. The van der Waals surface area contributed by atoms with E-state index < -0.39 is 0 Å². The Morgan fingerprint density at radius 2 is 1.94 bits per heavy atom. The molecule has 18 heavy (non-hydrogen) atoms. The molecule has 1 saturated heterocycles. The molecule has 2 atom stereocenters. The maximum atomic E-state index is 12.0. The van der Waals surface area contributed by atoms with Gasteiger partial charge in [0, 0.05) is 14.1 Å². The second-order valence-corrected chi connectivity index (χ2v) is 5.37. The Kier molecular flexibility index (Phi) is 4.02. The normalized spacial score (nSPS) is 23.7. The smallest absolute Gasteiger partial charge is 0.239 e. The monoisotopic (exact) mass is 246 g/mol. The van der Waals surface area contributed by atoms with Crippen LogP contribution in [0.1, 0.15) is 29.9 Å². The van der Waals surface area contributed by atoms with Gasteiger partial charge in [0.15, 0.2) is 0 Å². The minimum Gasteiger partial charge on any atom is -0.347 e. The minimum absolute atomic E-state index is 0.0277. The van der Waals surface area contributed by atoms with Crippen LogP contribution in [0.25, 0.3) is 0 Å². The standard InChI is InChI=1S/C15H22N2O/c1-11-4-6-12(7-5-11)13-8-9-16-14(10-13)15(18)17(2)3/h4-7,13-14,16H,8-10H2,1-3H3. The van der Waals surface area contributed by atoms with Crippen LogP contribution < -0.4 is 5.32 Å². The third kappa shape index (κ3) is 2.91. The zero-order chi connectivity index (χ0) is 13.1. The summed E-state index contributed by atoms with van der Waals surface area (Å²) in [7, 11) is 3.64.